The summed E-state index contributed by atoms with van der Waals surface area (Å²) in [5, 5.41) is 30.1. The number of aliphatic carboxylic acids is 1. The fourth-order valence-corrected chi connectivity index (χ4v) is 6.65. The van der Waals surface area contributed by atoms with Crippen LogP contribution < -0.4 is 26.8 Å². The van der Waals surface area contributed by atoms with Crippen molar-refractivity contribution in [1.29, 1.82) is 5.41 Å². The quantitative estimate of drug-likeness (QED) is 0.0541. The smallest absolute Gasteiger partial charge is 0.418 e. The van der Waals surface area contributed by atoms with Gasteiger partial charge in [0.2, 0.25) is 0 Å². The van der Waals surface area contributed by atoms with E-state index in [1.54, 1.807) is 6.07 Å². The van der Waals surface area contributed by atoms with E-state index in [1.807, 2.05) is 13.0 Å². The molecule has 9 N–H and O–H groups in total. The number of ether oxygens (including phenoxy) is 1. The molecule has 2 aliphatic heterocycles. The third-order valence-corrected chi connectivity index (χ3v) is 9.62. The summed E-state index contributed by atoms with van der Waals surface area (Å²) in [5.74, 6) is -2.78. The number of benzene rings is 1. The van der Waals surface area contributed by atoms with Crippen molar-refractivity contribution >= 4 is 56.2 Å². The zero-order chi connectivity index (χ0) is 35.3. The number of thiazole rings is 1. The minimum absolute atomic E-state index is 0.0563. The SMILES string of the molecule is Cc1cc2c(cc1C(=N)NC1CC(N)C1)CCC(C(C)(ON=C(C(=O)NC1C(=O)N(OS(=O)(=O)O)C1(C)C)c1csc(N)n1)C(=O)O)O2. The first-order valence-electron chi connectivity index (χ1n) is 14.7. The van der Waals surface area contributed by atoms with Gasteiger partial charge < -0.3 is 36.8 Å². The van der Waals surface area contributed by atoms with Crippen LogP contribution in [0.3, 0.4) is 0 Å². The molecule has 3 heterocycles. The molecule has 1 saturated heterocycles. The van der Waals surface area contributed by atoms with E-state index in [1.165, 1.54) is 26.2 Å². The number of aromatic nitrogens is 1. The summed E-state index contributed by atoms with van der Waals surface area (Å²) >= 11 is 0.962. The number of hydrogen-bond acceptors (Lipinski definition) is 14. The highest BCUT2D eigenvalue weighted by molar-refractivity contribution is 7.80. The average Bonchev–Trinajstić information content (AvgIpc) is 3.41. The Morgan fingerprint density at radius 3 is 2.54 bits per heavy atom. The Morgan fingerprint density at radius 1 is 1.29 bits per heavy atom. The van der Waals surface area contributed by atoms with Gasteiger partial charge in [-0.25, -0.2) is 9.78 Å². The monoisotopic (exact) mass is 708 g/mol. The van der Waals surface area contributed by atoms with Crippen LogP contribution in [0.15, 0.2) is 22.7 Å². The first-order chi connectivity index (χ1) is 22.3. The van der Waals surface area contributed by atoms with Crippen molar-refractivity contribution in [3.8, 4) is 5.75 Å². The number of carbonyl (C=O) groups excluding carboxylic acids is 2. The Morgan fingerprint density at radius 2 is 1.98 bits per heavy atom. The minimum atomic E-state index is -5.03. The number of nitrogens with zero attached hydrogens (tertiary/aromatic N) is 3. The van der Waals surface area contributed by atoms with Crippen LogP contribution in [-0.4, -0.2) is 92.8 Å². The molecule has 3 aliphatic rings. The number of aryl methyl sites for hydroxylation is 2. The third kappa shape index (κ3) is 6.79. The number of amidine groups is 1. The summed E-state index contributed by atoms with van der Waals surface area (Å²) < 4.78 is 41.8. The molecule has 2 aromatic rings. The molecule has 260 valence electrons. The molecule has 3 atom stereocenters. The number of nitrogens with one attached hydrogen (secondary N) is 3. The second kappa shape index (κ2) is 12.6. The van der Waals surface area contributed by atoms with E-state index in [0.717, 1.165) is 35.3 Å². The van der Waals surface area contributed by atoms with Crippen molar-refractivity contribution in [2.45, 2.75) is 88.7 Å². The maximum absolute atomic E-state index is 13.5. The Hall–Kier alpha value is -4.37. The molecule has 1 aromatic heterocycles. The number of hydroxylamine groups is 2. The number of oxime groups is 1. The normalized spacial score (nSPS) is 24.6. The molecular formula is C28H36N8O10S2. The predicted molar refractivity (Wildman–Crippen MR) is 171 cm³/mol. The van der Waals surface area contributed by atoms with Crippen LogP contribution in [-0.2, 0) is 40.3 Å². The van der Waals surface area contributed by atoms with Crippen molar-refractivity contribution in [3.63, 3.8) is 0 Å². The van der Waals surface area contributed by atoms with Gasteiger partial charge in [-0.05, 0) is 76.6 Å². The number of β-lactam (4-membered cyclic amide) rings is 1. The highest BCUT2D eigenvalue weighted by Crippen LogP contribution is 2.36. The van der Waals surface area contributed by atoms with Gasteiger partial charge in [-0.2, -0.15) is 13.5 Å². The molecule has 20 heteroatoms. The third-order valence-electron chi connectivity index (χ3n) is 8.61. The van der Waals surface area contributed by atoms with Crippen molar-refractivity contribution in [1.82, 2.24) is 20.7 Å². The molecule has 2 fully saturated rings. The highest BCUT2D eigenvalue weighted by atomic mass is 32.3. The molecule has 48 heavy (non-hydrogen) atoms. The largest absolute Gasteiger partial charge is 0.485 e. The van der Waals surface area contributed by atoms with Crippen LogP contribution in [0, 0.1) is 12.3 Å². The van der Waals surface area contributed by atoms with Crippen LogP contribution in [0.1, 0.15) is 62.4 Å². The molecule has 1 saturated carbocycles. The van der Waals surface area contributed by atoms with Crippen molar-refractivity contribution in [2.24, 2.45) is 10.9 Å². The van der Waals surface area contributed by atoms with Crippen LogP contribution in [0.5, 0.6) is 5.75 Å². The topological polar surface area (TPSA) is 282 Å². The van der Waals surface area contributed by atoms with E-state index in [0.29, 0.717) is 22.8 Å². The number of carbonyl (C=O) groups is 3. The van der Waals surface area contributed by atoms with Crippen LogP contribution in [0.4, 0.5) is 5.13 Å². The maximum atomic E-state index is 13.5. The number of carboxylic acid groups (broad SMARTS) is 1. The maximum Gasteiger partial charge on any atom is 0.418 e. The number of carboxylic acids is 1. The molecule has 1 aromatic carbocycles. The van der Waals surface area contributed by atoms with Gasteiger partial charge in [-0.15, -0.1) is 15.6 Å². The van der Waals surface area contributed by atoms with Gasteiger partial charge in [0.25, 0.3) is 17.4 Å². The van der Waals surface area contributed by atoms with Crippen LogP contribution in [0.25, 0.3) is 0 Å². The van der Waals surface area contributed by atoms with E-state index >= 15 is 0 Å². The van der Waals surface area contributed by atoms with Gasteiger partial charge in [0, 0.05) is 23.0 Å². The van der Waals surface area contributed by atoms with E-state index in [2.05, 4.69) is 25.1 Å². The molecule has 0 radical (unpaired) electrons. The first-order valence-corrected chi connectivity index (χ1v) is 17.0. The summed E-state index contributed by atoms with van der Waals surface area (Å²) in [7, 11) is -5.03. The standard InChI is InChI=1S/C28H36N8O10S2/c1-12-7-18-13(8-16(12)22(30)32-15-9-14(29)10-15)5-6-19(44-18)28(4,25(39)40)45-35-20(17-11-47-26(31)33-17)23(37)34-21-24(38)36(27(21,2)3)46-48(41,42)43/h7-8,11,14-15,19,21H,5-6,9-10,29H2,1-4H3,(H2,30,32)(H2,31,33)(H,34,37)(H,39,40)(H,41,42,43). The lowest BCUT2D eigenvalue weighted by atomic mass is 9.84. The molecule has 3 unspecified atom stereocenters. The predicted octanol–water partition coefficient (Wildman–Crippen LogP) is 0.236. The fourth-order valence-electron chi connectivity index (χ4n) is 5.65. The van der Waals surface area contributed by atoms with Gasteiger partial charge >= 0.3 is 16.4 Å². The highest BCUT2D eigenvalue weighted by Gasteiger charge is 2.58. The van der Waals surface area contributed by atoms with Crippen LogP contribution >= 0.6 is 11.3 Å². The van der Waals surface area contributed by atoms with E-state index in [9.17, 15) is 27.9 Å². The number of nitrogen functional groups attached to an aromatic ring is 1. The number of fused-ring (bicyclic) bond motifs is 1. The Bertz CT molecular complexity index is 1810. The number of anilines is 1. The Kier molecular flexibility index (Phi) is 9.16. The number of amides is 2. The van der Waals surface area contributed by atoms with E-state index in [-0.39, 0.29) is 35.2 Å². The second-order valence-corrected chi connectivity index (χ2v) is 14.5. The van der Waals surface area contributed by atoms with Gasteiger partial charge in [0.1, 0.15) is 23.3 Å². The molecule has 18 nitrogen and oxygen atoms in total. The molecular weight excluding hydrogens is 672 g/mol. The molecule has 0 bridgehead atoms. The lowest BCUT2D eigenvalue weighted by Gasteiger charge is -2.50. The first kappa shape index (κ1) is 35.0. The molecule has 1 aliphatic carbocycles. The summed E-state index contributed by atoms with van der Waals surface area (Å²) in [6.45, 7) is 5.79. The van der Waals surface area contributed by atoms with Gasteiger partial charge in [-0.3, -0.25) is 19.6 Å². The van der Waals surface area contributed by atoms with Gasteiger partial charge in [-0.1, -0.05) is 5.16 Å². The fraction of sp³-hybridized carbons (Fsp3) is 0.500. The number of rotatable bonds is 11. The Labute approximate surface area is 279 Å². The summed E-state index contributed by atoms with van der Waals surface area (Å²) in [4.78, 5) is 48.4. The van der Waals surface area contributed by atoms with Crippen molar-refractivity contribution in [3.05, 3.63) is 39.9 Å². The van der Waals surface area contributed by atoms with E-state index in [4.69, 9.17) is 31.0 Å². The average molecular weight is 709 g/mol. The summed E-state index contributed by atoms with van der Waals surface area (Å²) in [6, 6.07) is 2.50. The number of nitrogens with two attached hydrogens (primary N) is 2. The molecule has 0 spiro atoms. The Balaban J connectivity index is 1.36. The van der Waals surface area contributed by atoms with Gasteiger partial charge in [0.15, 0.2) is 16.9 Å². The van der Waals surface area contributed by atoms with E-state index < -0.39 is 57.2 Å². The lowest BCUT2D eigenvalue weighted by molar-refractivity contribution is -0.218. The molecule has 2 amide bonds. The zero-order valence-corrected chi connectivity index (χ0v) is 28.0. The second-order valence-electron chi connectivity index (χ2n) is 12.6. The minimum Gasteiger partial charge on any atom is -0.485 e. The van der Waals surface area contributed by atoms with Gasteiger partial charge in [0.05, 0.1) is 5.54 Å². The van der Waals surface area contributed by atoms with Crippen molar-refractivity contribution in [2.75, 3.05) is 5.73 Å². The number of hydrogen-bond donors (Lipinski definition) is 7. The molecule has 5 rings (SSSR count). The lowest BCUT2D eigenvalue weighted by Crippen LogP contribution is -2.76. The zero-order valence-electron chi connectivity index (χ0n) is 26.3. The van der Waals surface area contributed by atoms with Crippen LogP contribution in [0.2, 0.25) is 0 Å². The summed E-state index contributed by atoms with van der Waals surface area (Å²) in [6.07, 6.45) is 1.07. The summed E-state index contributed by atoms with van der Waals surface area (Å²) in [5.41, 5.74) is 9.65. The van der Waals surface area contributed by atoms with Crippen molar-refractivity contribution < 1.29 is 46.3 Å².